The zero-order valence-electron chi connectivity index (χ0n) is 13.7. The van der Waals surface area contributed by atoms with Gasteiger partial charge in [-0.2, -0.15) is 0 Å². The van der Waals surface area contributed by atoms with Gasteiger partial charge in [-0.1, -0.05) is 47.5 Å². The Morgan fingerprint density at radius 1 is 1.19 bits per heavy atom. The zero-order valence-corrected chi connectivity index (χ0v) is 15.2. The van der Waals surface area contributed by atoms with E-state index in [9.17, 15) is 14.0 Å². The van der Waals surface area contributed by atoms with Crippen LogP contribution in [0.3, 0.4) is 0 Å². The van der Waals surface area contributed by atoms with Gasteiger partial charge < -0.3 is 10.1 Å². The van der Waals surface area contributed by atoms with Crippen molar-refractivity contribution in [1.82, 2.24) is 5.32 Å². The smallest absolute Gasteiger partial charge is 0.340 e. The third kappa shape index (κ3) is 4.17. The van der Waals surface area contributed by atoms with E-state index in [2.05, 4.69) is 5.32 Å². The van der Waals surface area contributed by atoms with Crippen LogP contribution in [-0.4, -0.2) is 18.5 Å². The molecule has 3 rings (SSSR count). The van der Waals surface area contributed by atoms with E-state index in [-0.39, 0.29) is 21.7 Å². The molecule has 1 aliphatic carbocycles. The monoisotopic (exact) mass is 395 g/mol. The van der Waals surface area contributed by atoms with Crippen molar-refractivity contribution in [1.29, 1.82) is 0 Å². The Labute approximate surface area is 160 Å². The second-order valence-corrected chi connectivity index (χ2v) is 6.85. The topological polar surface area (TPSA) is 55.4 Å². The van der Waals surface area contributed by atoms with Gasteiger partial charge >= 0.3 is 5.97 Å². The molecule has 1 atom stereocenters. The van der Waals surface area contributed by atoms with Gasteiger partial charge in [0.05, 0.1) is 21.7 Å². The van der Waals surface area contributed by atoms with E-state index >= 15 is 0 Å². The lowest BCUT2D eigenvalue weighted by Crippen LogP contribution is -2.34. The number of aryl methyl sites for hydroxylation is 1. The molecule has 1 aliphatic rings. The summed E-state index contributed by atoms with van der Waals surface area (Å²) in [4.78, 5) is 24.2. The van der Waals surface area contributed by atoms with E-state index in [1.165, 1.54) is 5.56 Å². The average Bonchev–Trinajstić information content (AvgIpc) is 2.63. The Balaban J connectivity index is 1.60. The minimum absolute atomic E-state index is 0.0389. The zero-order chi connectivity index (χ0) is 18.7. The molecule has 1 amide bonds. The summed E-state index contributed by atoms with van der Waals surface area (Å²) in [5.74, 6) is -2.10. The van der Waals surface area contributed by atoms with Crippen LogP contribution in [-0.2, 0) is 16.0 Å². The van der Waals surface area contributed by atoms with Gasteiger partial charge in [-0.3, -0.25) is 4.79 Å². The lowest BCUT2D eigenvalue weighted by Gasteiger charge is -2.26. The number of carbonyl (C=O) groups excluding carboxylic acids is 2. The maximum atomic E-state index is 13.5. The molecule has 0 bridgehead atoms. The second kappa shape index (κ2) is 8.06. The fourth-order valence-corrected chi connectivity index (χ4v) is 3.49. The minimum atomic E-state index is -0.884. The predicted octanol–water partition coefficient (Wildman–Crippen LogP) is 4.48. The van der Waals surface area contributed by atoms with Gasteiger partial charge in [-0.25, -0.2) is 9.18 Å². The van der Waals surface area contributed by atoms with Gasteiger partial charge in [0, 0.05) is 0 Å². The molecule has 136 valence electrons. The molecule has 1 N–H and O–H groups in total. The fourth-order valence-electron chi connectivity index (χ4n) is 3.03. The molecule has 0 radical (unpaired) electrons. The number of halogens is 3. The Morgan fingerprint density at radius 2 is 1.96 bits per heavy atom. The van der Waals surface area contributed by atoms with Gasteiger partial charge in [0.15, 0.2) is 6.61 Å². The molecule has 0 saturated carbocycles. The maximum Gasteiger partial charge on any atom is 0.340 e. The molecule has 7 heteroatoms. The number of hydrogen-bond acceptors (Lipinski definition) is 3. The molecule has 4 nitrogen and oxygen atoms in total. The molecule has 2 aromatic carbocycles. The lowest BCUT2D eigenvalue weighted by atomic mass is 9.88. The number of carbonyl (C=O) groups is 2. The highest BCUT2D eigenvalue weighted by atomic mass is 35.5. The van der Waals surface area contributed by atoms with E-state index in [1.807, 2.05) is 24.3 Å². The lowest BCUT2D eigenvalue weighted by molar-refractivity contribution is -0.125. The van der Waals surface area contributed by atoms with Crippen molar-refractivity contribution >= 4 is 35.1 Å². The molecule has 2 aromatic rings. The number of esters is 1. The Kier molecular flexibility index (Phi) is 5.79. The van der Waals surface area contributed by atoms with Gasteiger partial charge in [0.1, 0.15) is 5.82 Å². The number of fused-ring (bicyclic) bond motifs is 1. The van der Waals surface area contributed by atoms with Crippen LogP contribution >= 0.6 is 23.2 Å². The van der Waals surface area contributed by atoms with E-state index in [0.717, 1.165) is 37.0 Å². The van der Waals surface area contributed by atoms with Gasteiger partial charge in [-0.15, -0.1) is 0 Å². The molecule has 0 spiro atoms. The van der Waals surface area contributed by atoms with Crippen molar-refractivity contribution < 1.29 is 18.7 Å². The van der Waals surface area contributed by atoms with Gasteiger partial charge in [-0.05, 0) is 42.5 Å². The average molecular weight is 396 g/mol. The van der Waals surface area contributed by atoms with E-state index in [1.54, 1.807) is 0 Å². The standard InChI is InChI=1S/C19H16Cl2FNO3/c20-14-9-15(21)16(22)8-13(14)19(25)26-10-18(24)23-17-7-3-5-11-4-1-2-6-12(11)17/h1-2,4,6,8-9,17H,3,5,7,10H2,(H,23,24)/t17-/m1/s1. The summed E-state index contributed by atoms with van der Waals surface area (Å²) in [6.45, 7) is -0.474. The molecule has 0 fully saturated rings. The normalized spacial score (nSPS) is 15.9. The molecule has 0 aliphatic heterocycles. The molecule has 0 saturated heterocycles. The SMILES string of the molecule is O=C(COC(=O)c1cc(F)c(Cl)cc1Cl)N[C@@H]1CCCc2ccccc21. The minimum Gasteiger partial charge on any atom is -0.452 e. The molecule has 26 heavy (non-hydrogen) atoms. The number of rotatable bonds is 4. The van der Waals surface area contributed by atoms with Crippen molar-refractivity contribution in [2.45, 2.75) is 25.3 Å². The van der Waals surface area contributed by atoms with Crippen LogP contribution in [0, 0.1) is 5.82 Å². The first-order chi connectivity index (χ1) is 12.5. The van der Waals surface area contributed by atoms with Crippen molar-refractivity contribution in [3.8, 4) is 0 Å². The molecule has 0 heterocycles. The van der Waals surface area contributed by atoms with Crippen LogP contribution in [0.15, 0.2) is 36.4 Å². The first-order valence-corrected chi connectivity index (χ1v) is 8.90. The summed E-state index contributed by atoms with van der Waals surface area (Å²) in [5.41, 5.74) is 2.12. The van der Waals surface area contributed by atoms with Crippen LogP contribution in [0.25, 0.3) is 0 Å². The highest BCUT2D eigenvalue weighted by Crippen LogP contribution is 2.29. The van der Waals surface area contributed by atoms with Crippen molar-refractivity contribution in [3.05, 3.63) is 69.0 Å². The van der Waals surface area contributed by atoms with Crippen molar-refractivity contribution in [2.75, 3.05) is 6.61 Å². The molecule has 0 aromatic heterocycles. The van der Waals surface area contributed by atoms with Crippen LogP contribution in [0.1, 0.15) is 40.4 Å². The second-order valence-electron chi connectivity index (χ2n) is 6.03. The number of ether oxygens (including phenoxy) is 1. The van der Waals surface area contributed by atoms with Crippen LogP contribution < -0.4 is 5.32 Å². The predicted molar refractivity (Wildman–Crippen MR) is 97.0 cm³/mol. The maximum absolute atomic E-state index is 13.5. The highest BCUT2D eigenvalue weighted by molar-refractivity contribution is 6.36. The van der Waals surface area contributed by atoms with Crippen LogP contribution in [0.2, 0.25) is 10.0 Å². The number of benzene rings is 2. The summed E-state index contributed by atoms with van der Waals surface area (Å²) in [5, 5.41) is 2.64. The quantitative estimate of drug-likeness (QED) is 0.612. The summed E-state index contributed by atoms with van der Waals surface area (Å²) in [7, 11) is 0. The van der Waals surface area contributed by atoms with Gasteiger partial charge in [0.25, 0.3) is 5.91 Å². The first-order valence-electron chi connectivity index (χ1n) is 8.14. The van der Waals surface area contributed by atoms with Crippen LogP contribution in [0.4, 0.5) is 4.39 Å². The summed E-state index contributed by atoms with van der Waals surface area (Å²) in [6, 6.07) is 9.84. The van der Waals surface area contributed by atoms with E-state index in [4.69, 9.17) is 27.9 Å². The third-order valence-electron chi connectivity index (χ3n) is 4.27. The Hall–Kier alpha value is -2.11. The summed E-state index contributed by atoms with van der Waals surface area (Å²) < 4.78 is 18.4. The van der Waals surface area contributed by atoms with Crippen LogP contribution in [0.5, 0.6) is 0 Å². The molecular weight excluding hydrogens is 380 g/mol. The van der Waals surface area contributed by atoms with Crippen molar-refractivity contribution in [3.63, 3.8) is 0 Å². The highest BCUT2D eigenvalue weighted by Gasteiger charge is 2.22. The number of nitrogens with one attached hydrogen (secondary N) is 1. The number of hydrogen-bond donors (Lipinski definition) is 1. The number of amides is 1. The molecular formula is C19H16Cl2FNO3. The third-order valence-corrected chi connectivity index (χ3v) is 4.87. The summed E-state index contributed by atoms with van der Waals surface area (Å²) >= 11 is 11.5. The Bertz CT molecular complexity index is 857. The van der Waals surface area contributed by atoms with Gasteiger partial charge in [0.2, 0.25) is 0 Å². The fraction of sp³-hybridized carbons (Fsp3) is 0.263. The molecule has 0 unspecified atom stereocenters. The first kappa shape index (κ1) is 18.7. The van der Waals surface area contributed by atoms with Crippen molar-refractivity contribution in [2.24, 2.45) is 0 Å². The Morgan fingerprint density at radius 3 is 2.77 bits per heavy atom. The largest absolute Gasteiger partial charge is 0.452 e. The van der Waals surface area contributed by atoms with E-state index < -0.39 is 24.3 Å². The van der Waals surface area contributed by atoms with E-state index in [0.29, 0.717) is 0 Å². The summed E-state index contributed by atoms with van der Waals surface area (Å²) in [6.07, 6.45) is 2.78.